The summed E-state index contributed by atoms with van der Waals surface area (Å²) >= 11 is 0. The van der Waals surface area contributed by atoms with Crippen molar-refractivity contribution in [3.05, 3.63) is 72.1 Å². The predicted molar refractivity (Wildman–Crippen MR) is 126 cm³/mol. The molecule has 1 amide bonds. The fourth-order valence-corrected chi connectivity index (χ4v) is 3.76. The summed E-state index contributed by atoms with van der Waals surface area (Å²) in [5, 5.41) is 8.34. The molecule has 1 atom stereocenters. The Morgan fingerprint density at radius 3 is 2.59 bits per heavy atom. The van der Waals surface area contributed by atoms with Crippen LogP contribution in [-0.2, 0) is 6.42 Å². The molecule has 4 rings (SSSR count). The molecule has 7 heteroatoms. The van der Waals surface area contributed by atoms with Crippen LogP contribution in [0.15, 0.2) is 65.4 Å². The number of fused-ring (bicyclic) bond motifs is 1. The number of furan rings is 1. The first-order valence-electron chi connectivity index (χ1n) is 10.8. The highest BCUT2D eigenvalue weighted by molar-refractivity contribution is 6.06. The third kappa shape index (κ3) is 4.57. The Morgan fingerprint density at radius 2 is 1.94 bits per heavy atom. The van der Waals surface area contributed by atoms with E-state index in [9.17, 15) is 4.79 Å². The van der Waals surface area contributed by atoms with Crippen LogP contribution in [0.3, 0.4) is 0 Å². The lowest BCUT2D eigenvalue weighted by atomic mass is 10.0. The number of pyridine rings is 1. The zero-order valence-corrected chi connectivity index (χ0v) is 18.9. The predicted octanol–water partition coefficient (Wildman–Crippen LogP) is 4.17. The average Bonchev–Trinajstić information content (AvgIpc) is 3.46. The lowest BCUT2D eigenvalue weighted by molar-refractivity contribution is 0.0943. The van der Waals surface area contributed by atoms with Gasteiger partial charge in [-0.25, -0.2) is 9.67 Å². The fourth-order valence-electron chi connectivity index (χ4n) is 3.76. The van der Waals surface area contributed by atoms with Gasteiger partial charge in [0.15, 0.2) is 11.4 Å². The molecule has 1 N–H and O–H groups in total. The molecule has 7 nitrogen and oxygen atoms in total. The van der Waals surface area contributed by atoms with Gasteiger partial charge in [0.05, 0.1) is 23.4 Å². The summed E-state index contributed by atoms with van der Waals surface area (Å²) < 4.78 is 7.38. The molecule has 32 heavy (non-hydrogen) atoms. The summed E-state index contributed by atoms with van der Waals surface area (Å²) in [5.41, 5.74) is 3.08. The molecule has 4 aromatic rings. The Bertz CT molecular complexity index is 1180. The van der Waals surface area contributed by atoms with Crippen molar-refractivity contribution in [2.45, 2.75) is 32.4 Å². The van der Waals surface area contributed by atoms with Crippen molar-refractivity contribution in [1.29, 1.82) is 0 Å². The van der Waals surface area contributed by atoms with Crippen molar-refractivity contribution >= 4 is 16.9 Å². The van der Waals surface area contributed by atoms with Crippen molar-refractivity contribution < 1.29 is 9.21 Å². The standard InChI is InChI=1S/C25H29N5O2/c1-17(2)30-24-21(16-27-30)20(14-22(28-24)23-11-8-12-32-23)25(31)26-15-19(29(3)4)13-18-9-6-5-7-10-18/h5-12,14,16-17,19H,13,15H2,1-4H3,(H,26,31). The minimum Gasteiger partial charge on any atom is -0.463 e. The molecule has 1 aromatic carbocycles. The van der Waals surface area contributed by atoms with Crippen molar-refractivity contribution in [3.8, 4) is 11.5 Å². The fraction of sp³-hybridized carbons (Fsp3) is 0.320. The van der Waals surface area contributed by atoms with Gasteiger partial charge in [0.25, 0.3) is 5.91 Å². The Hall–Kier alpha value is -3.45. The molecule has 0 radical (unpaired) electrons. The summed E-state index contributed by atoms with van der Waals surface area (Å²) in [5.74, 6) is 0.473. The van der Waals surface area contributed by atoms with Gasteiger partial charge >= 0.3 is 0 Å². The molecule has 0 spiro atoms. The van der Waals surface area contributed by atoms with Crippen LogP contribution in [0, 0.1) is 0 Å². The number of aromatic nitrogens is 3. The number of rotatable bonds is 8. The minimum atomic E-state index is -0.145. The SMILES string of the molecule is CC(C)n1ncc2c(C(=O)NCC(Cc3ccccc3)N(C)C)cc(-c3ccco3)nc21. The van der Waals surface area contributed by atoms with Gasteiger partial charge in [-0.15, -0.1) is 0 Å². The number of carbonyl (C=O) groups is 1. The van der Waals surface area contributed by atoms with Crippen LogP contribution in [0.2, 0.25) is 0 Å². The van der Waals surface area contributed by atoms with Gasteiger partial charge in [-0.3, -0.25) is 4.79 Å². The first kappa shape index (κ1) is 21.8. The van der Waals surface area contributed by atoms with E-state index in [0.29, 0.717) is 29.2 Å². The van der Waals surface area contributed by atoms with Gasteiger partial charge in [-0.2, -0.15) is 5.10 Å². The third-order valence-electron chi connectivity index (χ3n) is 5.62. The van der Waals surface area contributed by atoms with Crippen LogP contribution in [0.4, 0.5) is 0 Å². The van der Waals surface area contributed by atoms with Crippen LogP contribution in [0.5, 0.6) is 0 Å². The lowest BCUT2D eigenvalue weighted by Crippen LogP contribution is -2.41. The number of nitrogens with zero attached hydrogens (tertiary/aromatic N) is 4. The topological polar surface area (TPSA) is 76.2 Å². The summed E-state index contributed by atoms with van der Waals surface area (Å²) in [6.45, 7) is 4.61. The second-order valence-electron chi connectivity index (χ2n) is 8.47. The maximum absolute atomic E-state index is 13.3. The summed E-state index contributed by atoms with van der Waals surface area (Å²) in [6.07, 6.45) is 4.17. The van der Waals surface area contributed by atoms with E-state index in [4.69, 9.17) is 9.40 Å². The minimum absolute atomic E-state index is 0.117. The average molecular weight is 432 g/mol. The second kappa shape index (κ2) is 9.36. The number of carbonyl (C=O) groups excluding carboxylic acids is 1. The Labute approximate surface area is 188 Å². The van der Waals surface area contributed by atoms with E-state index in [1.807, 2.05) is 63.0 Å². The van der Waals surface area contributed by atoms with E-state index in [0.717, 1.165) is 11.8 Å². The van der Waals surface area contributed by atoms with Crippen molar-refractivity contribution in [1.82, 2.24) is 25.0 Å². The highest BCUT2D eigenvalue weighted by Crippen LogP contribution is 2.26. The maximum atomic E-state index is 13.3. The number of amides is 1. The highest BCUT2D eigenvalue weighted by atomic mass is 16.3. The Kier molecular flexibility index (Phi) is 6.37. The van der Waals surface area contributed by atoms with Gasteiger partial charge in [-0.1, -0.05) is 30.3 Å². The number of benzene rings is 1. The van der Waals surface area contributed by atoms with Gasteiger partial charge < -0.3 is 14.6 Å². The largest absolute Gasteiger partial charge is 0.463 e. The van der Waals surface area contributed by atoms with Crippen LogP contribution >= 0.6 is 0 Å². The summed E-state index contributed by atoms with van der Waals surface area (Å²) in [4.78, 5) is 20.2. The third-order valence-corrected chi connectivity index (χ3v) is 5.62. The van der Waals surface area contributed by atoms with E-state index in [1.54, 1.807) is 18.5 Å². The van der Waals surface area contributed by atoms with Crippen LogP contribution in [0.1, 0.15) is 35.8 Å². The molecular formula is C25H29N5O2. The van der Waals surface area contributed by atoms with Crippen LogP contribution in [-0.4, -0.2) is 52.3 Å². The van der Waals surface area contributed by atoms with Crippen LogP contribution < -0.4 is 5.32 Å². The molecule has 166 valence electrons. The zero-order valence-electron chi connectivity index (χ0n) is 18.9. The first-order chi connectivity index (χ1) is 15.4. The first-order valence-corrected chi connectivity index (χ1v) is 10.8. The molecule has 0 aliphatic heterocycles. The highest BCUT2D eigenvalue weighted by Gasteiger charge is 2.21. The number of hydrogen-bond donors (Lipinski definition) is 1. The summed E-state index contributed by atoms with van der Waals surface area (Å²) in [6, 6.07) is 16.0. The zero-order chi connectivity index (χ0) is 22.7. The van der Waals surface area contributed by atoms with E-state index < -0.39 is 0 Å². The molecule has 1 unspecified atom stereocenters. The molecule has 3 aromatic heterocycles. The smallest absolute Gasteiger partial charge is 0.252 e. The van der Waals surface area contributed by atoms with E-state index >= 15 is 0 Å². The van der Waals surface area contributed by atoms with E-state index in [2.05, 4.69) is 27.4 Å². The molecule has 0 aliphatic carbocycles. The van der Waals surface area contributed by atoms with Gasteiger partial charge in [-0.05, 0) is 58.1 Å². The molecule has 3 heterocycles. The second-order valence-corrected chi connectivity index (χ2v) is 8.47. The molecule has 0 fully saturated rings. The van der Waals surface area contributed by atoms with Gasteiger partial charge in [0.2, 0.25) is 0 Å². The monoisotopic (exact) mass is 431 g/mol. The number of likely N-dealkylation sites (N-methyl/N-ethyl adjacent to an activating group) is 1. The number of hydrogen-bond acceptors (Lipinski definition) is 5. The summed E-state index contributed by atoms with van der Waals surface area (Å²) in [7, 11) is 4.07. The van der Waals surface area contributed by atoms with Gasteiger partial charge in [0, 0.05) is 18.6 Å². The molecule has 0 saturated carbocycles. The molecular weight excluding hydrogens is 402 g/mol. The van der Waals surface area contributed by atoms with E-state index in [-0.39, 0.29) is 18.0 Å². The van der Waals surface area contributed by atoms with E-state index in [1.165, 1.54) is 5.56 Å². The molecule has 0 saturated heterocycles. The Morgan fingerprint density at radius 1 is 1.16 bits per heavy atom. The number of nitrogens with one attached hydrogen (secondary N) is 1. The lowest BCUT2D eigenvalue weighted by Gasteiger charge is -2.25. The molecule has 0 aliphatic rings. The van der Waals surface area contributed by atoms with Crippen molar-refractivity contribution in [2.24, 2.45) is 0 Å². The quantitative estimate of drug-likeness (QED) is 0.453. The Balaban J connectivity index is 1.62. The maximum Gasteiger partial charge on any atom is 0.252 e. The van der Waals surface area contributed by atoms with Gasteiger partial charge in [0.1, 0.15) is 5.69 Å². The van der Waals surface area contributed by atoms with Crippen molar-refractivity contribution in [3.63, 3.8) is 0 Å². The molecule has 0 bridgehead atoms. The van der Waals surface area contributed by atoms with Crippen LogP contribution in [0.25, 0.3) is 22.5 Å². The van der Waals surface area contributed by atoms with Crippen molar-refractivity contribution in [2.75, 3.05) is 20.6 Å². The normalized spacial score (nSPS) is 12.6.